The number of nitrogens with zero attached hydrogens (tertiary/aromatic N) is 1. The maximum atomic E-state index is 11.1. The van der Waals surface area contributed by atoms with Gasteiger partial charge in [-0.15, -0.1) is 0 Å². The Labute approximate surface area is 107 Å². The lowest BCUT2D eigenvalue weighted by molar-refractivity contribution is 0.0696. The third-order valence-corrected chi connectivity index (χ3v) is 3.41. The number of aromatic nitrogens is 1. The fourth-order valence-corrected chi connectivity index (χ4v) is 2.27. The highest BCUT2D eigenvalue weighted by molar-refractivity contribution is 5.88. The lowest BCUT2D eigenvalue weighted by atomic mass is 9.82. The van der Waals surface area contributed by atoms with Crippen molar-refractivity contribution in [3.8, 4) is 0 Å². The van der Waals surface area contributed by atoms with Gasteiger partial charge in [0.2, 0.25) is 0 Å². The van der Waals surface area contributed by atoms with Crippen LogP contribution in [0, 0.1) is 5.92 Å². The lowest BCUT2D eigenvalue weighted by Gasteiger charge is -2.33. The van der Waals surface area contributed by atoms with Gasteiger partial charge < -0.3 is 10.4 Å². The first-order valence-electron chi connectivity index (χ1n) is 6.47. The molecular formula is C14H20N2O2. The maximum absolute atomic E-state index is 11.1. The minimum atomic E-state index is -0.899. The molecular weight excluding hydrogens is 228 g/mol. The number of nitrogens with one attached hydrogen (secondary N) is 1. The van der Waals surface area contributed by atoms with Gasteiger partial charge in [-0.2, -0.15) is 0 Å². The molecule has 1 aromatic rings. The van der Waals surface area contributed by atoms with Crippen molar-refractivity contribution in [1.29, 1.82) is 0 Å². The lowest BCUT2D eigenvalue weighted by Crippen LogP contribution is -2.34. The molecule has 1 fully saturated rings. The first-order valence-corrected chi connectivity index (χ1v) is 6.47. The molecule has 0 aromatic carbocycles. The topological polar surface area (TPSA) is 62.2 Å². The largest absolute Gasteiger partial charge is 0.478 e. The van der Waals surface area contributed by atoms with Crippen LogP contribution in [0.4, 0.5) is 5.82 Å². The van der Waals surface area contributed by atoms with Gasteiger partial charge in [0.25, 0.3) is 0 Å². The summed E-state index contributed by atoms with van der Waals surface area (Å²) in [6.45, 7) is 6.26. The zero-order chi connectivity index (χ0) is 13.3. The second-order valence-corrected chi connectivity index (χ2v) is 5.54. The van der Waals surface area contributed by atoms with Crippen LogP contribution in [0.2, 0.25) is 0 Å². The van der Waals surface area contributed by atoms with Crippen LogP contribution < -0.4 is 5.32 Å². The van der Waals surface area contributed by atoms with Gasteiger partial charge >= 0.3 is 5.97 Å². The Hall–Kier alpha value is -1.58. The summed E-state index contributed by atoms with van der Waals surface area (Å²) in [5.41, 5.74) is 1.13. The van der Waals surface area contributed by atoms with E-state index < -0.39 is 5.97 Å². The molecule has 0 aliphatic heterocycles. The van der Waals surface area contributed by atoms with Gasteiger partial charge in [0, 0.05) is 11.7 Å². The number of aromatic carboxylic acids is 1. The van der Waals surface area contributed by atoms with E-state index in [1.807, 2.05) is 13.8 Å². The van der Waals surface area contributed by atoms with Crippen LogP contribution in [-0.2, 0) is 0 Å². The Morgan fingerprint density at radius 3 is 2.61 bits per heavy atom. The van der Waals surface area contributed by atoms with E-state index in [4.69, 9.17) is 5.11 Å². The minimum absolute atomic E-state index is 0.227. The normalized spacial score (nSPS) is 22.7. The molecule has 98 valence electrons. The molecule has 18 heavy (non-hydrogen) atoms. The van der Waals surface area contributed by atoms with E-state index in [1.165, 1.54) is 0 Å². The van der Waals surface area contributed by atoms with E-state index >= 15 is 0 Å². The Bertz CT molecular complexity index is 451. The van der Waals surface area contributed by atoms with Crippen molar-refractivity contribution >= 4 is 11.8 Å². The Kier molecular flexibility index (Phi) is 3.55. The minimum Gasteiger partial charge on any atom is -0.478 e. The molecule has 1 aliphatic carbocycles. The number of carboxylic acids is 1. The van der Waals surface area contributed by atoms with E-state index in [0.717, 1.165) is 24.5 Å². The Balaban J connectivity index is 2.20. The van der Waals surface area contributed by atoms with Crippen molar-refractivity contribution in [2.75, 3.05) is 5.32 Å². The molecule has 0 unspecified atom stereocenters. The van der Waals surface area contributed by atoms with Gasteiger partial charge in [-0.05, 0) is 36.8 Å². The van der Waals surface area contributed by atoms with Crippen molar-refractivity contribution < 1.29 is 9.90 Å². The molecule has 0 saturated heterocycles. The average Bonchev–Trinajstić information content (AvgIpc) is 2.26. The van der Waals surface area contributed by atoms with Crippen LogP contribution >= 0.6 is 0 Å². The number of hydrogen-bond acceptors (Lipinski definition) is 3. The summed E-state index contributed by atoms with van der Waals surface area (Å²) in [7, 11) is 0. The van der Waals surface area contributed by atoms with Crippen LogP contribution in [0.3, 0.4) is 0 Å². The highest BCUT2D eigenvalue weighted by Gasteiger charge is 2.25. The highest BCUT2D eigenvalue weighted by Crippen LogP contribution is 2.29. The fraction of sp³-hybridized carbons (Fsp3) is 0.571. The second-order valence-electron chi connectivity index (χ2n) is 5.54. The molecule has 0 radical (unpaired) electrons. The zero-order valence-corrected chi connectivity index (χ0v) is 11.1. The fourth-order valence-electron chi connectivity index (χ4n) is 2.27. The molecule has 1 heterocycles. The standard InChI is InChI=1S/C14H20N2O2/c1-8(2)12-6-10(14(17)18)7-13(16-12)15-11-4-9(3)5-11/h6-9,11H,4-5H2,1-3H3,(H,15,16)(H,17,18). The third kappa shape index (κ3) is 2.81. The van der Waals surface area contributed by atoms with Crippen LogP contribution in [0.1, 0.15) is 55.6 Å². The van der Waals surface area contributed by atoms with E-state index in [0.29, 0.717) is 17.4 Å². The van der Waals surface area contributed by atoms with Crippen molar-refractivity contribution in [3.05, 3.63) is 23.4 Å². The molecule has 0 spiro atoms. The van der Waals surface area contributed by atoms with Crippen molar-refractivity contribution in [1.82, 2.24) is 4.98 Å². The van der Waals surface area contributed by atoms with Crippen molar-refractivity contribution in [2.24, 2.45) is 5.92 Å². The average molecular weight is 248 g/mol. The SMILES string of the molecule is CC1CC(Nc2cc(C(=O)O)cc(C(C)C)n2)C1. The van der Waals surface area contributed by atoms with Gasteiger partial charge in [-0.3, -0.25) is 0 Å². The number of hydrogen-bond donors (Lipinski definition) is 2. The maximum Gasteiger partial charge on any atom is 0.335 e. The van der Waals surface area contributed by atoms with Crippen molar-refractivity contribution in [2.45, 2.75) is 45.6 Å². The van der Waals surface area contributed by atoms with E-state index in [-0.39, 0.29) is 5.92 Å². The summed E-state index contributed by atoms with van der Waals surface area (Å²) >= 11 is 0. The summed E-state index contributed by atoms with van der Waals surface area (Å²) in [5, 5.41) is 12.4. The number of anilines is 1. The second kappa shape index (κ2) is 4.96. The highest BCUT2D eigenvalue weighted by atomic mass is 16.4. The summed E-state index contributed by atoms with van der Waals surface area (Å²) in [4.78, 5) is 15.6. The third-order valence-electron chi connectivity index (χ3n) is 3.41. The molecule has 1 aromatic heterocycles. The van der Waals surface area contributed by atoms with Crippen LogP contribution in [-0.4, -0.2) is 22.1 Å². The Morgan fingerprint density at radius 1 is 1.44 bits per heavy atom. The molecule has 0 amide bonds. The van der Waals surface area contributed by atoms with E-state index in [2.05, 4.69) is 17.2 Å². The summed E-state index contributed by atoms with van der Waals surface area (Å²) in [6, 6.07) is 3.72. The van der Waals surface area contributed by atoms with E-state index in [1.54, 1.807) is 12.1 Å². The number of carboxylic acid groups (broad SMARTS) is 1. The smallest absolute Gasteiger partial charge is 0.335 e. The van der Waals surface area contributed by atoms with Gasteiger partial charge in [-0.1, -0.05) is 20.8 Å². The first-order chi connectivity index (χ1) is 8.45. The molecule has 4 heteroatoms. The first kappa shape index (κ1) is 12.9. The number of pyridine rings is 1. The summed E-state index contributed by atoms with van der Waals surface area (Å²) in [6.07, 6.45) is 2.27. The van der Waals surface area contributed by atoms with Gasteiger partial charge in [0.15, 0.2) is 0 Å². The predicted octanol–water partition coefficient (Wildman–Crippen LogP) is 3.11. The van der Waals surface area contributed by atoms with Crippen LogP contribution in [0.25, 0.3) is 0 Å². The summed E-state index contributed by atoms with van der Waals surface area (Å²) in [5.74, 6) is 0.778. The van der Waals surface area contributed by atoms with Gasteiger partial charge in [0.05, 0.1) is 5.56 Å². The zero-order valence-electron chi connectivity index (χ0n) is 11.1. The number of rotatable bonds is 4. The summed E-state index contributed by atoms with van der Waals surface area (Å²) < 4.78 is 0. The molecule has 0 atom stereocenters. The van der Waals surface area contributed by atoms with E-state index in [9.17, 15) is 4.79 Å². The molecule has 4 nitrogen and oxygen atoms in total. The van der Waals surface area contributed by atoms with Gasteiger partial charge in [0.1, 0.15) is 5.82 Å². The molecule has 2 rings (SSSR count). The monoisotopic (exact) mass is 248 g/mol. The molecule has 2 N–H and O–H groups in total. The Morgan fingerprint density at radius 2 is 2.11 bits per heavy atom. The van der Waals surface area contributed by atoms with Crippen LogP contribution in [0.15, 0.2) is 12.1 Å². The molecule has 1 saturated carbocycles. The van der Waals surface area contributed by atoms with Crippen LogP contribution in [0.5, 0.6) is 0 Å². The van der Waals surface area contributed by atoms with Gasteiger partial charge in [-0.25, -0.2) is 9.78 Å². The molecule has 1 aliphatic rings. The molecule has 0 bridgehead atoms. The number of carbonyl (C=O) groups is 1. The van der Waals surface area contributed by atoms with Crippen molar-refractivity contribution in [3.63, 3.8) is 0 Å². The predicted molar refractivity (Wildman–Crippen MR) is 71.1 cm³/mol. The quantitative estimate of drug-likeness (QED) is 0.859.